The molecule has 0 saturated heterocycles. The second-order valence-electron chi connectivity index (χ2n) is 7.15. The maximum atomic E-state index is 10.7. The van der Waals surface area contributed by atoms with Crippen LogP contribution >= 0.6 is 24.4 Å². The van der Waals surface area contributed by atoms with Crippen molar-refractivity contribution >= 4 is 46.8 Å². The molecule has 0 radical (unpaired) electrons. The monoisotopic (exact) mass is 492 g/mol. The molecule has 0 aliphatic rings. The predicted molar refractivity (Wildman–Crippen MR) is 144 cm³/mol. The maximum Gasteiger partial charge on any atom is 0.133 e. The summed E-state index contributed by atoms with van der Waals surface area (Å²) in [5, 5.41) is 19.0. The van der Waals surface area contributed by atoms with Crippen LogP contribution in [-0.2, 0) is 0 Å². The molecule has 0 saturated carbocycles. The van der Waals surface area contributed by atoms with E-state index in [9.17, 15) is 5.11 Å². The number of methoxy groups -OCH3 is 2. The number of phenolic OH excluding ortho intramolecular Hbond substituents is 1. The van der Waals surface area contributed by atoms with E-state index in [-0.39, 0.29) is 5.75 Å². The molecule has 0 aliphatic carbocycles. The summed E-state index contributed by atoms with van der Waals surface area (Å²) in [5.74, 6) is 1.52. The third kappa shape index (κ3) is 6.60. The Morgan fingerprint density at radius 1 is 0.765 bits per heavy atom. The summed E-state index contributed by atoms with van der Waals surface area (Å²) in [6.45, 7) is 1.92. The van der Waals surface area contributed by atoms with E-state index in [4.69, 9.17) is 33.9 Å². The zero-order valence-corrected chi connectivity index (χ0v) is 20.5. The van der Waals surface area contributed by atoms with Crippen LogP contribution in [0.2, 0.25) is 0 Å². The van der Waals surface area contributed by atoms with Gasteiger partial charge < -0.3 is 14.6 Å². The van der Waals surface area contributed by atoms with Gasteiger partial charge in [-0.05, 0) is 73.2 Å². The first-order valence-electron chi connectivity index (χ1n) is 10.2. The van der Waals surface area contributed by atoms with Gasteiger partial charge in [0.2, 0.25) is 0 Å². The molecule has 0 fully saturated rings. The number of rotatable bonds is 8. The van der Waals surface area contributed by atoms with Gasteiger partial charge in [-0.25, -0.2) is 0 Å². The highest BCUT2D eigenvalue weighted by molar-refractivity contribution is 7.81. The topological polar surface area (TPSA) is 87.5 Å². The Labute approximate surface area is 209 Å². The molecule has 174 valence electrons. The largest absolute Gasteiger partial charge is 0.507 e. The van der Waals surface area contributed by atoms with E-state index in [1.165, 1.54) is 12.4 Å². The molecule has 3 aromatic rings. The summed E-state index contributed by atoms with van der Waals surface area (Å²) in [7, 11) is 3.21. The summed E-state index contributed by atoms with van der Waals surface area (Å²) >= 11 is 10.7. The Balaban J connectivity index is 1.66. The Kier molecular flexibility index (Phi) is 8.66. The van der Waals surface area contributed by atoms with Crippen LogP contribution in [0.3, 0.4) is 0 Å². The summed E-state index contributed by atoms with van der Waals surface area (Å²) in [6.07, 6.45) is 3.01. The third-order valence-electron chi connectivity index (χ3n) is 4.76. The number of hydrogen-bond donors (Lipinski definition) is 3. The van der Waals surface area contributed by atoms with Gasteiger partial charge in [0, 0.05) is 22.3 Å². The first-order chi connectivity index (χ1) is 16.4. The minimum absolute atomic E-state index is 0.0347. The van der Waals surface area contributed by atoms with E-state index >= 15 is 0 Å². The van der Waals surface area contributed by atoms with E-state index in [1.54, 1.807) is 14.2 Å². The Bertz CT molecular complexity index is 1130. The van der Waals surface area contributed by atoms with Crippen molar-refractivity contribution in [3.8, 4) is 17.2 Å². The van der Waals surface area contributed by atoms with Gasteiger partial charge in [0.25, 0.3) is 0 Å². The zero-order chi connectivity index (χ0) is 24.5. The number of benzene rings is 3. The first-order valence-corrected chi connectivity index (χ1v) is 11.0. The summed E-state index contributed by atoms with van der Waals surface area (Å²) in [4.78, 5) is 0.896. The van der Waals surface area contributed by atoms with Crippen molar-refractivity contribution in [1.82, 2.24) is 10.9 Å². The van der Waals surface area contributed by atoms with Crippen molar-refractivity contribution in [3.63, 3.8) is 0 Å². The van der Waals surface area contributed by atoms with E-state index < -0.39 is 0 Å². The van der Waals surface area contributed by atoms with Gasteiger partial charge >= 0.3 is 0 Å². The van der Waals surface area contributed by atoms with Gasteiger partial charge in [-0.2, -0.15) is 10.2 Å². The fourth-order valence-corrected chi connectivity index (χ4v) is 3.34. The van der Waals surface area contributed by atoms with E-state index in [0.717, 1.165) is 28.2 Å². The van der Waals surface area contributed by atoms with Gasteiger partial charge in [-0.15, -0.1) is 0 Å². The van der Waals surface area contributed by atoms with Gasteiger partial charge in [0.15, 0.2) is 0 Å². The molecule has 0 aromatic heterocycles. The average Bonchev–Trinajstić information content (AvgIpc) is 2.86. The molecule has 0 unspecified atom stereocenters. The zero-order valence-electron chi connectivity index (χ0n) is 18.9. The van der Waals surface area contributed by atoms with Gasteiger partial charge in [-0.1, -0.05) is 24.4 Å². The number of nitrogens with zero attached hydrogens (tertiary/aromatic N) is 2. The predicted octanol–water partition coefficient (Wildman–Crippen LogP) is 4.32. The molecule has 0 amide bonds. The Morgan fingerprint density at radius 2 is 1.15 bits per heavy atom. The highest BCUT2D eigenvalue weighted by Crippen LogP contribution is 2.22. The number of phenols is 1. The lowest BCUT2D eigenvalue weighted by molar-refractivity contribution is 0.414. The standard InChI is InChI=1S/C25H24N4O3S2/c1-16-12-19(14-26-28-24(33)17-4-8-21(31-2)9-5-17)23(30)20(13-16)15-27-29-25(34)18-6-10-22(32-3)11-7-18/h4-15,30H,1-3H3,(H,28,33)(H,29,34)/b26-14+,27-15?. The summed E-state index contributed by atoms with van der Waals surface area (Å²) in [5.41, 5.74) is 9.19. The molecular weight excluding hydrogens is 468 g/mol. The Hall–Kier alpha value is -3.82. The molecular formula is C25H24N4O3S2. The molecule has 7 nitrogen and oxygen atoms in total. The molecule has 3 N–H and O–H groups in total. The highest BCUT2D eigenvalue weighted by atomic mass is 32.1. The lowest BCUT2D eigenvalue weighted by Crippen LogP contribution is -2.16. The van der Waals surface area contributed by atoms with Gasteiger partial charge in [0.1, 0.15) is 27.2 Å². The van der Waals surface area contributed by atoms with Crippen LogP contribution in [0.15, 0.2) is 70.9 Å². The van der Waals surface area contributed by atoms with E-state index in [1.807, 2.05) is 67.6 Å². The smallest absolute Gasteiger partial charge is 0.133 e. The Morgan fingerprint density at radius 3 is 1.50 bits per heavy atom. The molecule has 0 spiro atoms. The second kappa shape index (κ2) is 11.9. The highest BCUT2D eigenvalue weighted by Gasteiger charge is 2.07. The van der Waals surface area contributed by atoms with Crippen molar-refractivity contribution in [2.45, 2.75) is 6.92 Å². The summed E-state index contributed by atoms with van der Waals surface area (Å²) < 4.78 is 10.3. The van der Waals surface area contributed by atoms with E-state index in [0.29, 0.717) is 21.1 Å². The van der Waals surface area contributed by atoms with Crippen LogP contribution < -0.4 is 20.3 Å². The van der Waals surface area contributed by atoms with Crippen molar-refractivity contribution < 1.29 is 14.6 Å². The molecule has 34 heavy (non-hydrogen) atoms. The van der Waals surface area contributed by atoms with Crippen molar-refractivity contribution in [3.05, 3.63) is 88.5 Å². The lowest BCUT2D eigenvalue weighted by Gasteiger charge is -2.07. The number of thiocarbonyl (C=S) groups is 2. The van der Waals surface area contributed by atoms with Crippen LogP contribution in [0.4, 0.5) is 0 Å². The number of aryl methyl sites for hydroxylation is 1. The quantitative estimate of drug-likeness (QED) is 0.245. The van der Waals surface area contributed by atoms with Crippen molar-refractivity contribution in [2.24, 2.45) is 10.2 Å². The number of ether oxygens (including phenoxy) is 2. The van der Waals surface area contributed by atoms with Crippen LogP contribution in [0, 0.1) is 6.92 Å². The second-order valence-corrected chi connectivity index (χ2v) is 7.96. The fraction of sp³-hybridized carbons (Fsp3) is 0.120. The molecule has 0 heterocycles. The lowest BCUT2D eigenvalue weighted by atomic mass is 10.1. The SMILES string of the molecule is COc1ccc(C(=S)NN=Cc2cc(C)cc(/C=N/NC(=S)c3ccc(OC)cc3)c2O)cc1. The minimum atomic E-state index is 0.0347. The van der Waals surface area contributed by atoms with Crippen LogP contribution in [-0.4, -0.2) is 41.7 Å². The van der Waals surface area contributed by atoms with Gasteiger partial charge in [-0.3, -0.25) is 10.9 Å². The number of hydrogen-bond acceptors (Lipinski definition) is 7. The third-order valence-corrected chi connectivity index (χ3v) is 5.41. The first kappa shape index (κ1) is 24.8. The minimum Gasteiger partial charge on any atom is -0.507 e. The normalized spacial score (nSPS) is 10.9. The van der Waals surface area contributed by atoms with Crippen LogP contribution in [0.25, 0.3) is 0 Å². The molecule has 0 atom stereocenters. The molecule has 3 aromatic carbocycles. The summed E-state index contributed by atoms with van der Waals surface area (Å²) in [6, 6.07) is 18.2. The van der Waals surface area contributed by atoms with Crippen LogP contribution in [0.1, 0.15) is 27.8 Å². The number of aromatic hydroxyl groups is 1. The van der Waals surface area contributed by atoms with Crippen LogP contribution in [0.5, 0.6) is 17.2 Å². The fourth-order valence-electron chi connectivity index (χ4n) is 2.97. The average molecular weight is 493 g/mol. The maximum absolute atomic E-state index is 10.7. The van der Waals surface area contributed by atoms with Gasteiger partial charge in [0.05, 0.1) is 26.6 Å². The van der Waals surface area contributed by atoms with E-state index in [2.05, 4.69) is 21.1 Å². The molecule has 0 bridgehead atoms. The molecule has 9 heteroatoms. The molecule has 3 rings (SSSR count). The molecule has 0 aliphatic heterocycles. The van der Waals surface area contributed by atoms with Crippen molar-refractivity contribution in [1.29, 1.82) is 0 Å². The van der Waals surface area contributed by atoms with Crippen molar-refractivity contribution in [2.75, 3.05) is 14.2 Å². The number of hydrazone groups is 2. The number of nitrogens with one attached hydrogen (secondary N) is 2.